The minimum absolute atomic E-state index is 0.585. The van der Waals surface area contributed by atoms with Crippen molar-refractivity contribution in [3.05, 3.63) is 41.7 Å². The largest absolute Gasteiger partial charge is 0.492 e. The van der Waals surface area contributed by atoms with Crippen LogP contribution in [0, 0.1) is 13.8 Å². The van der Waals surface area contributed by atoms with Crippen molar-refractivity contribution in [1.29, 1.82) is 0 Å². The maximum absolute atomic E-state index is 5.63. The number of aromatic nitrogens is 2. The third-order valence-electron chi connectivity index (χ3n) is 2.90. The van der Waals surface area contributed by atoms with Crippen LogP contribution < -0.4 is 15.4 Å². The van der Waals surface area contributed by atoms with Gasteiger partial charge in [0.15, 0.2) is 0 Å². The number of anilines is 2. The van der Waals surface area contributed by atoms with Crippen LogP contribution in [0.3, 0.4) is 0 Å². The van der Waals surface area contributed by atoms with E-state index in [1.165, 1.54) is 0 Å². The van der Waals surface area contributed by atoms with Crippen molar-refractivity contribution in [2.45, 2.75) is 13.8 Å². The number of hydrogen-bond donors (Lipinski definition) is 2. The van der Waals surface area contributed by atoms with Crippen molar-refractivity contribution < 1.29 is 4.74 Å². The quantitative estimate of drug-likeness (QED) is 0.792. The first-order valence-electron chi connectivity index (χ1n) is 6.65. The van der Waals surface area contributed by atoms with Gasteiger partial charge in [0.05, 0.1) is 6.54 Å². The molecule has 2 rings (SSSR count). The molecule has 5 heteroatoms. The summed E-state index contributed by atoms with van der Waals surface area (Å²) in [5.41, 5.74) is 1.01. The molecule has 0 atom stereocenters. The van der Waals surface area contributed by atoms with Gasteiger partial charge in [-0.1, -0.05) is 18.2 Å². The Morgan fingerprint density at radius 1 is 1.05 bits per heavy atom. The molecule has 0 saturated carbocycles. The van der Waals surface area contributed by atoms with Gasteiger partial charge in [0, 0.05) is 12.6 Å². The maximum Gasteiger partial charge on any atom is 0.134 e. The SMILES string of the molecule is CNc1nc(C)nc(NCCOc2ccccc2)c1C. The molecule has 2 N–H and O–H groups in total. The molecule has 0 saturated heterocycles. The second-order valence-corrected chi connectivity index (χ2v) is 4.43. The second-order valence-electron chi connectivity index (χ2n) is 4.43. The fourth-order valence-electron chi connectivity index (χ4n) is 1.90. The van der Waals surface area contributed by atoms with Gasteiger partial charge in [-0.25, -0.2) is 9.97 Å². The molecule has 0 fully saturated rings. The number of rotatable bonds is 6. The molecule has 1 aromatic heterocycles. The number of ether oxygens (including phenoxy) is 1. The summed E-state index contributed by atoms with van der Waals surface area (Å²) in [6, 6.07) is 9.77. The van der Waals surface area contributed by atoms with Crippen molar-refractivity contribution in [3.8, 4) is 5.75 Å². The summed E-state index contributed by atoms with van der Waals surface area (Å²) in [4.78, 5) is 8.74. The second kappa shape index (κ2) is 6.75. The van der Waals surface area contributed by atoms with Gasteiger partial charge in [-0.2, -0.15) is 0 Å². The number of hydrogen-bond acceptors (Lipinski definition) is 5. The molecule has 1 heterocycles. The van der Waals surface area contributed by atoms with Gasteiger partial charge in [0.2, 0.25) is 0 Å². The van der Waals surface area contributed by atoms with Crippen LogP contribution in [0.5, 0.6) is 5.75 Å². The highest BCUT2D eigenvalue weighted by molar-refractivity contribution is 5.56. The molecule has 0 aliphatic rings. The highest BCUT2D eigenvalue weighted by Gasteiger charge is 2.07. The zero-order valence-electron chi connectivity index (χ0n) is 12.1. The average Bonchev–Trinajstić information content (AvgIpc) is 2.47. The van der Waals surface area contributed by atoms with Gasteiger partial charge >= 0.3 is 0 Å². The predicted molar refractivity (Wildman–Crippen MR) is 81.5 cm³/mol. The van der Waals surface area contributed by atoms with Gasteiger partial charge in [0.25, 0.3) is 0 Å². The Morgan fingerprint density at radius 3 is 2.45 bits per heavy atom. The lowest BCUT2D eigenvalue weighted by molar-refractivity contribution is 0.332. The van der Waals surface area contributed by atoms with Crippen LogP contribution in [0.15, 0.2) is 30.3 Å². The summed E-state index contributed by atoms with van der Waals surface area (Å²) in [6.45, 7) is 5.15. The Bertz CT molecular complexity index is 557. The first-order chi connectivity index (χ1) is 9.70. The smallest absolute Gasteiger partial charge is 0.134 e. The van der Waals surface area contributed by atoms with Gasteiger partial charge in [-0.15, -0.1) is 0 Å². The minimum atomic E-state index is 0.585. The highest BCUT2D eigenvalue weighted by atomic mass is 16.5. The summed E-state index contributed by atoms with van der Waals surface area (Å²) >= 11 is 0. The van der Waals surface area contributed by atoms with Crippen LogP contribution >= 0.6 is 0 Å². The van der Waals surface area contributed by atoms with E-state index in [-0.39, 0.29) is 0 Å². The Kier molecular flexibility index (Phi) is 4.76. The van der Waals surface area contributed by atoms with Crippen LogP contribution in [0.25, 0.3) is 0 Å². The maximum atomic E-state index is 5.63. The molecular formula is C15H20N4O. The van der Waals surface area contributed by atoms with Crippen molar-refractivity contribution in [2.75, 3.05) is 30.8 Å². The summed E-state index contributed by atoms with van der Waals surface area (Å²) in [5, 5.41) is 6.35. The van der Waals surface area contributed by atoms with E-state index in [4.69, 9.17) is 4.74 Å². The van der Waals surface area contributed by atoms with E-state index in [1.807, 2.05) is 51.2 Å². The lowest BCUT2D eigenvalue weighted by Gasteiger charge is -2.13. The third-order valence-corrected chi connectivity index (χ3v) is 2.90. The lowest BCUT2D eigenvalue weighted by atomic mass is 10.3. The van der Waals surface area contributed by atoms with Crippen LogP contribution in [0.2, 0.25) is 0 Å². The van der Waals surface area contributed by atoms with Gasteiger partial charge < -0.3 is 15.4 Å². The standard InChI is InChI=1S/C15H20N4O/c1-11-14(16-3)18-12(2)19-15(11)17-9-10-20-13-7-5-4-6-8-13/h4-8H,9-10H2,1-3H3,(H2,16,17,18,19). The van der Waals surface area contributed by atoms with E-state index in [0.29, 0.717) is 13.2 Å². The monoisotopic (exact) mass is 272 g/mol. The van der Waals surface area contributed by atoms with E-state index in [0.717, 1.165) is 28.8 Å². The fourth-order valence-corrected chi connectivity index (χ4v) is 1.90. The Morgan fingerprint density at radius 2 is 1.75 bits per heavy atom. The molecule has 0 unspecified atom stereocenters. The fraction of sp³-hybridized carbons (Fsp3) is 0.333. The van der Waals surface area contributed by atoms with Crippen LogP contribution in [0.4, 0.5) is 11.6 Å². The predicted octanol–water partition coefficient (Wildman–Crippen LogP) is 2.63. The topological polar surface area (TPSA) is 59.1 Å². The van der Waals surface area contributed by atoms with E-state index in [9.17, 15) is 0 Å². The summed E-state index contributed by atoms with van der Waals surface area (Å²) in [7, 11) is 1.86. The van der Waals surface area contributed by atoms with Crippen molar-refractivity contribution >= 4 is 11.6 Å². The zero-order chi connectivity index (χ0) is 14.4. The van der Waals surface area contributed by atoms with Gasteiger partial charge in [0.1, 0.15) is 29.8 Å². The lowest BCUT2D eigenvalue weighted by Crippen LogP contribution is -2.14. The minimum Gasteiger partial charge on any atom is -0.492 e. The molecule has 5 nitrogen and oxygen atoms in total. The van der Waals surface area contributed by atoms with Crippen molar-refractivity contribution in [3.63, 3.8) is 0 Å². The first kappa shape index (κ1) is 14.1. The molecule has 106 valence electrons. The summed E-state index contributed by atoms with van der Waals surface area (Å²) in [6.07, 6.45) is 0. The first-order valence-corrected chi connectivity index (χ1v) is 6.65. The van der Waals surface area contributed by atoms with Gasteiger partial charge in [-0.3, -0.25) is 0 Å². The zero-order valence-corrected chi connectivity index (χ0v) is 12.1. The number of nitrogens with one attached hydrogen (secondary N) is 2. The number of benzene rings is 1. The van der Waals surface area contributed by atoms with Crippen LogP contribution in [-0.4, -0.2) is 30.2 Å². The van der Waals surface area contributed by atoms with Crippen molar-refractivity contribution in [1.82, 2.24) is 9.97 Å². The average molecular weight is 272 g/mol. The Hall–Kier alpha value is -2.30. The summed E-state index contributed by atoms with van der Waals surface area (Å²) < 4.78 is 5.63. The van der Waals surface area contributed by atoms with E-state index >= 15 is 0 Å². The molecular weight excluding hydrogens is 252 g/mol. The molecule has 0 aliphatic carbocycles. The Balaban J connectivity index is 1.90. The van der Waals surface area contributed by atoms with E-state index in [2.05, 4.69) is 20.6 Å². The number of para-hydroxylation sites is 1. The number of nitrogens with zero attached hydrogens (tertiary/aromatic N) is 2. The molecule has 0 spiro atoms. The molecule has 0 aliphatic heterocycles. The molecule has 0 amide bonds. The molecule has 0 radical (unpaired) electrons. The molecule has 20 heavy (non-hydrogen) atoms. The van der Waals surface area contributed by atoms with Gasteiger partial charge in [-0.05, 0) is 26.0 Å². The van der Waals surface area contributed by atoms with E-state index in [1.54, 1.807) is 0 Å². The normalized spacial score (nSPS) is 10.2. The molecule has 0 bridgehead atoms. The van der Waals surface area contributed by atoms with Crippen LogP contribution in [0.1, 0.15) is 11.4 Å². The van der Waals surface area contributed by atoms with Crippen molar-refractivity contribution in [2.24, 2.45) is 0 Å². The van der Waals surface area contributed by atoms with Crippen LogP contribution in [-0.2, 0) is 0 Å². The Labute approximate surface area is 119 Å². The molecule has 2 aromatic rings. The highest BCUT2D eigenvalue weighted by Crippen LogP contribution is 2.18. The van der Waals surface area contributed by atoms with E-state index < -0.39 is 0 Å². The molecule has 1 aromatic carbocycles. The number of aryl methyl sites for hydroxylation is 1. The third kappa shape index (κ3) is 3.60. The summed E-state index contributed by atoms with van der Waals surface area (Å²) in [5.74, 6) is 3.31.